The second-order valence-corrected chi connectivity index (χ2v) is 11.5. The first kappa shape index (κ1) is 23.2. The van der Waals surface area contributed by atoms with E-state index in [1.807, 2.05) is 0 Å². The van der Waals surface area contributed by atoms with Crippen LogP contribution in [0, 0.1) is 23.0 Å². The van der Waals surface area contributed by atoms with Crippen LogP contribution in [-0.4, -0.2) is 0 Å². The Morgan fingerprint density at radius 1 is 0.652 bits per heavy atom. The molecule has 0 N–H and O–H groups in total. The Labute approximate surface area is 160 Å². The first-order valence-corrected chi connectivity index (χ1v) is 15.1. The average molecular weight is 525 g/mol. The van der Waals surface area contributed by atoms with Crippen molar-refractivity contribution < 1.29 is 16.5 Å². The minimum atomic E-state index is -0.806. The van der Waals surface area contributed by atoms with Gasteiger partial charge in [0, 0.05) is 0 Å². The monoisotopic (exact) mass is 524 g/mol. The Balaban J connectivity index is 0.000000360. The van der Waals surface area contributed by atoms with E-state index in [1.165, 1.54) is 33.4 Å². The van der Waals surface area contributed by atoms with Gasteiger partial charge in [-0.05, 0) is 0 Å². The van der Waals surface area contributed by atoms with Crippen LogP contribution in [0.2, 0.25) is 0 Å². The van der Waals surface area contributed by atoms with Crippen molar-refractivity contribution in [2.24, 2.45) is 10.8 Å². The average Bonchev–Trinajstić information content (AvgIpc) is 2.71. The molecule has 0 aromatic carbocycles. The second kappa shape index (κ2) is 9.07. The molecule has 0 nitrogen and oxygen atoms in total. The number of rotatable bonds is 0. The first-order valence-electron chi connectivity index (χ1n) is 7.81. The number of halogens is 2. The van der Waals surface area contributed by atoms with Crippen molar-refractivity contribution in [1.29, 1.82) is 0 Å². The molecule has 2 aliphatic rings. The van der Waals surface area contributed by atoms with Crippen LogP contribution >= 0.6 is 18.8 Å². The van der Waals surface area contributed by atoms with Crippen LogP contribution in [0.3, 0.4) is 0 Å². The normalized spacial score (nSPS) is 21.2. The summed E-state index contributed by atoms with van der Waals surface area (Å²) >= 11 is -0.806. The molecule has 0 spiro atoms. The van der Waals surface area contributed by atoms with Gasteiger partial charge in [-0.15, -0.1) is 13.8 Å². The zero-order valence-electron chi connectivity index (χ0n) is 16.2. The molecule has 2 rings (SSSR count). The molecule has 0 aliphatic heterocycles. The van der Waals surface area contributed by atoms with E-state index in [4.69, 9.17) is 18.8 Å². The quantitative estimate of drug-likeness (QED) is 0.286. The van der Waals surface area contributed by atoms with Gasteiger partial charge in [-0.25, -0.2) is 11.1 Å². The van der Waals surface area contributed by atoms with E-state index in [9.17, 15) is 0 Å². The summed E-state index contributed by atoms with van der Waals surface area (Å²) in [4.78, 5) is 0. The molecular formula is C20H30Cl2W-2. The fourth-order valence-electron chi connectivity index (χ4n) is 2.81. The molecule has 2 aliphatic carbocycles. The predicted molar refractivity (Wildman–Crippen MR) is 101 cm³/mol. The molecule has 0 atom stereocenters. The summed E-state index contributed by atoms with van der Waals surface area (Å²) in [7, 11) is 9.86. The molecule has 0 saturated heterocycles. The molecule has 0 unspecified atom stereocenters. The fraction of sp³-hybridized carbons (Fsp3) is 0.600. The predicted octanol–water partition coefficient (Wildman–Crippen LogP) is 7.60. The van der Waals surface area contributed by atoms with Crippen LogP contribution in [0.15, 0.2) is 33.4 Å². The van der Waals surface area contributed by atoms with Gasteiger partial charge in [-0.3, -0.25) is 12.2 Å². The van der Waals surface area contributed by atoms with Gasteiger partial charge in [0.25, 0.3) is 0 Å². The molecule has 0 heterocycles. The van der Waals surface area contributed by atoms with Crippen molar-refractivity contribution in [1.82, 2.24) is 0 Å². The summed E-state index contributed by atoms with van der Waals surface area (Å²) in [5, 5.41) is 0. The summed E-state index contributed by atoms with van der Waals surface area (Å²) < 4.78 is 0. The molecule has 23 heavy (non-hydrogen) atoms. The molecule has 0 fully saturated rings. The second-order valence-electron chi connectivity index (χ2n) is 7.31. The Kier molecular flexibility index (Phi) is 9.16. The summed E-state index contributed by atoms with van der Waals surface area (Å²) in [5.41, 5.74) is 8.79. The van der Waals surface area contributed by atoms with Crippen molar-refractivity contribution in [2.45, 2.75) is 69.2 Å². The summed E-state index contributed by atoms with van der Waals surface area (Å²) in [6.07, 6.45) is 6.87. The molecule has 132 valence electrons. The third kappa shape index (κ3) is 6.22. The van der Waals surface area contributed by atoms with Gasteiger partial charge in [-0.1, -0.05) is 66.2 Å². The van der Waals surface area contributed by atoms with Crippen LogP contribution in [0.4, 0.5) is 0 Å². The zero-order valence-corrected chi connectivity index (χ0v) is 20.6. The summed E-state index contributed by atoms with van der Waals surface area (Å²) in [6, 6.07) is 0. The van der Waals surface area contributed by atoms with Crippen molar-refractivity contribution in [3.63, 3.8) is 0 Å². The zero-order chi connectivity index (χ0) is 18.6. The van der Waals surface area contributed by atoms with Crippen LogP contribution < -0.4 is 0 Å². The van der Waals surface area contributed by atoms with E-state index < -0.39 is 16.5 Å². The van der Waals surface area contributed by atoms with E-state index >= 15 is 0 Å². The Hall–Kier alpha value is 0.228. The van der Waals surface area contributed by atoms with Gasteiger partial charge < -0.3 is 0 Å². The first-order chi connectivity index (χ1) is 10.3. The van der Waals surface area contributed by atoms with Crippen molar-refractivity contribution in [3.05, 3.63) is 45.6 Å². The fourth-order valence-corrected chi connectivity index (χ4v) is 2.81. The molecular weight excluding hydrogens is 495 g/mol. The maximum absolute atomic E-state index is 4.93. The van der Waals surface area contributed by atoms with Crippen molar-refractivity contribution in [2.75, 3.05) is 0 Å². The molecule has 0 bridgehead atoms. The maximum atomic E-state index is 4.93. The van der Waals surface area contributed by atoms with Crippen LogP contribution in [0.1, 0.15) is 69.2 Å². The molecule has 0 radical (unpaired) electrons. The Morgan fingerprint density at radius 3 is 0.913 bits per heavy atom. The van der Waals surface area contributed by atoms with Gasteiger partial charge in [0.2, 0.25) is 0 Å². The molecule has 0 amide bonds. The topological polar surface area (TPSA) is 0 Å². The van der Waals surface area contributed by atoms with Crippen molar-refractivity contribution >= 4 is 18.8 Å². The summed E-state index contributed by atoms with van der Waals surface area (Å²) in [5.74, 6) is 0. The third-order valence-electron chi connectivity index (χ3n) is 5.12. The minimum absolute atomic E-state index is 0.189. The molecule has 0 aromatic heterocycles. The standard InChI is InChI=1S/2C10H15.2ClH.W/c2*1-7-6-10(4,5)9(3)8(7)2;;;/h2*1-5H3;2*1H;/q2*-1;;;+2/p-2. The Bertz CT molecular complexity index is 508. The van der Waals surface area contributed by atoms with Gasteiger partial charge in [-0.2, -0.15) is 22.3 Å². The van der Waals surface area contributed by atoms with E-state index in [-0.39, 0.29) is 10.8 Å². The van der Waals surface area contributed by atoms with Gasteiger partial charge in [0.1, 0.15) is 0 Å². The van der Waals surface area contributed by atoms with Gasteiger partial charge >= 0.3 is 35.3 Å². The number of allylic oxidation sites excluding steroid dienone is 8. The van der Waals surface area contributed by atoms with Crippen LogP contribution in [0.5, 0.6) is 0 Å². The van der Waals surface area contributed by atoms with E-state index in [1.54, 1.807) is 0 Å². The SMILES string of the molecule is CC1=[C-]C(C)(C)C(C)=C1C.CC1=[C-]C(C)(C)C(C)=C1C.[Cl][W][Cl]. The van der Waals surface area contributed by atoms with E-state index in [2.05, 4.69) is 81.4 Å². The van der Waals surface area contributed by atoms with Gasteiger partial charge in [0.05, 0.1) is 0 Å². The van der Waals surface area contributed by atoms with Gasteiger partial charge in [0.15, 0.2) is 0 Å². The van der Waals surface area contributed by atoms with Crippen LogP contribution in [-0.2, 0) is 16.5 Å². The van der Waals surface area contributed by atoms with E-state index in [0.29, 0.717) is 0 Å². The molecule has 0 saturated carbocycles. The van der Waals surface area contributed by atoms with E-state index in [0.717, 1.165) is 0 Å². The third-order valence-corrected chi connectivity index (χ3v) is 5.12. The van der Waals surface area contributed by atoms with Crippen molar-refractivity contribution in [3.8, 4) is 0 Å². The Morgan fingerprint density at radius 2 is 0.870 bits per heavy atom. The number of hydrogen-bond acceptors (Lipinski definition) is 0. The molecule has 0 aromatic rings. The molecule has 3 heteroatoms. The van der Waals surface area contributed by atoms with Crippen LogP contribution in [0.25, 0.3) is 0 Å². The summed E-state index contributed by atoms with van der Waals surface area (Å²) in [6.45, 7) is 21.8. The number of hydrogen-bond donors (Lipinski definition) is 0.